The van der Waals surface area contributed by atoms with Gasteiger partial charge in [-0.25, -0.2) is 16.8 Å². The van der Waals surface area contributed by atoms with E-state index in [2.05, 4.69) is 6.92 Å². The number of methoxy groups -OCH3 is 1. The number of aryl methyl sites for hydroxylation is 1. The van der Waals surface area contributed by atoms with Crippen molar-refractivity contribution in [2.45, 2.75) is 36.5 Å². The lowest BCUT2D eigenvalue weighted by atomic mass is 10.0. The van der Waals surface area contributed by atoms with Crippen molar-refractivity contribution in [1.82, 2.24) is 8.61 Å². The average Bonchev–Trinajstić information content (AvgIpc) is 2.84. The Labute approximate surface area is 203 Å². The van der Waals surface area contributed by atoms with Crippen LogP contribution in [0.2, 0.25) is 0 Å². The molecular formula is C24H33N3O5S2. The van der Waals surface area contributed by atoms with Crippen LogP contribution in [0.4, 0.5) is 5.69 Å². The third kappa shape index (κ3) is 4.95. The minimum atomic E-state index is -3.61. The Morgan fingerprint density at radius 3 is 2.06 bits per heavy atom. The van der Waals surface area contributed by atoms with Gasteiger partial charge in [-0.15, -0.1) is 0 Å². The van der Waals surface area contributed by atoms with Gasteiger partial charge < -0.3 is 9.64 Å². The van der Waals surface area contributed by atoms with Gasteiger partial charge in [0.15, 0.2) is 0 Å². The van der Waals surface area contributed by atoms with E-state index in [1.807, 2.05) is 11.8 Å². The molecule has 1 unspecified atom stereocenters. The number of hydrogen-bond acceptors (Lipinski definition) is 6. The van der Waals surface area contributed by atoms with E-state index in [1.54, 1.807) is 53.9 Å². The average molecular weight is 508 g/mol. The van der Waals surface area contributed by atoms with Crippen LogP contribution in [0.25, 0.3) is 0 Å². The first-order valence-electron chi connectivity index (χ1n) is 11.6. The molecule has 0 aromatic heterocycles. The number of hydrogen-bond donors (Lipinski definition) is 0. The zero-order chi connectivity index (χ0) is 24.5. The van der Waals surface area contributed by atoms with Crippen LogP contribution in [0, 0.1) is 12.8 Å². The first kappa shape index (κ1) is 25.0. The fourth-order valence-electron chi connectivity index (χ4n) is 4.62. The number of benzene rings is 2. The maximum Gasteiger partial charge on any atom is 0.243 e. The summed E-state index contributed by atoms with van der Waals surface area (Å²) in [4.78, 5) is 2.53. The summed E-state index contributed by atoms with van der Waals surface area (Å²) in [5.74, 6) is 0.908. The van der Waals surface area contributed by atoms with E-state index in [-0.39, 0.29) is 9.79 Å². The van der Waals surface area contributed by atoms with Crippen molar-refractivity contribution in [2.75, 3.05) is 51.3 Å². The lowest BCUT2D eigenvalue weighted by Crippen LogP contribution is -2.48. The van der Waals surface area contributed by atoms with Crippen LogP contribution in [-0.2, 0) is 20.0 Å². The van der Waals surface area contributed by atoms with E-state index in [0.29, 0.717) is 56.6 Å². The summed E-state index contributed by atoms with van der Waals surface area (Å²) >= 11 is 0. The highest BCUT2D eigenvalue weighted by molar-refractivity contribution is 7.89. The molecule has 0 radical (unpaired) electrons. The summed E-state index contributed by atoms with van der Waals surface area (Å²) in [7, 11) is -5.64. The molecule has 1 atom stereocenters. The fourth-order valence-corrected chi connectivity index (χ4v) is 7.66. The number of ether oxygens (including phenoxy) is 1. The molecule has 34 heavy (non-hydrogen) atoms. The van der Waals surface area contributed by atoms with Gasteiger partial charge >= 0.3 is 0 Å². The minimum absolute atomic E-state index is 0.243. The van der Waals surface area contributed by atoms with Crippen LogP contribution in [-0.4, -0.2) is 71.8 Å². The number of anilines is 1. The molecule has 2 fully saturated rings. The SMILES string of the molecule is COc1ccc(S(=O)(=O)N2CCCC(C)C2)cc1N1CCN(S(=O)(=O)c2ccc(C)cc2)CC1. The van der Waals surface area contributed by atoms with Gasteiger partial charge in [-0.1, -0.05) is 24.6 Å². The lowest BCUT2D eigenvalue weighted by Gasteiger charge is -2.36. The van der Waals surface area contributed by atoms with Crippen molar-refractivity contribution in [1.29, 1.82) is 0 Å². The maximum absolute atomic E-state index is 13.3. The molecule has 2 aliphatic heterocycles. The second-order valence-corrected chi connectivity index (χ2v) is 13.0. The molecule has 0 aliphatic carbocycles. The van der Waals surface area contributed by atoms with Crippen molar-refractivity contribution in [3.05, 3.63) is 48.0 Å². The number of nitrogens with zero attached hydrogens (tertiary/aromatic N) is 3. The molecule has 4 rings (SSSR count). The normalized spacial score (nSPS) is 20.9. The highest BCUT2D eigenvalue weighted by atomic mass is 32.2. The molecule has 2 aromatic carbocycles. The molecule has 10 heteroatoms. The molecule has 0 saturated carbocycles. The van der Waals surface area contributed by atoms with E-state index in [9.17, 15) is 16.8 Å². The third-order valence-electron chi connectivity index (χ3n) is 6.65. The largest absolute Gasteiger partial charge is 0.495 e. The van der Waals surface area contributed by atoms with Crippen LogP contribution < -0.4 is 9.64 Å². The predicted octanol–water partition coefficient (Wildman–Crippen LogP) is 2.94. The summed E-state index contributed by atoms with van der Waals surface area (Å²) in [6.07, 6.45) is 1.90. The zero-order valence-corrected chi connectivity index (χ0v) is 21.6. The Kier molecular flexibility index (Phi) is 7.23. The quantitative estimate of drug-likeness (QED) is 0.598. The standard InChI is InChI=1S/C24H33N3O5S2/c1-19-6-8-21(9-7-19)33(28,29)26-15-13-25(14-16-26)23-17-22(10-11-24(23)32-3)34(30,31)27-12-4-5-20(2)18-27/h6-11,17,20H,4-5,12-16,18H2,1-3H3. The molecule has 0 bridgehead atoms. The van der Waals surface area contributed by atoms with Crippen LogP contribution >= 0.6 is 0 Å². The lowest BCUT2D eigenvalue weighted by molar-refractivity contribution is 0.281. The second-order valence-electron chi connectivity index (χ2n) is 9.15. The third-order valence-corrected chi connectivity index (χ3v) is 10.4. The van der Waals surface area contributed by atoms with Crippen LogP contribution in [0.5, 0.6) is 5.75 Å². The highest BCUT2D eigenvalue weighted by Crippen LogP contribution is 2.34. The van der Waals surface area contributed by atoms with Gasteiger partial charge in [-0.2, -0.15) is 8.61 Å². The summed E-state index contributed by atoms with van der Waals surface area (Å²) in [5.41, 5.74) is 1.67. The molecule has 2 heterocycles. The highest BCUT2D eigenvalue weighted by Gasteiger charge is 2.32. The number of rotatable bonds is 6. The van der Waals surface area contributed by atoms with Crippen LogP contribution in [0.3, 0.4) is 0 Å². The minimum Gasteiger partial charge on any atom is -0.495 e. The molecule has 0 spiro atoms. The van der Waals surface area contributed by atoms with Crippen molar-refractivity contribution < 1.29 is 21.6 Å². The Morgan fingerprint density at radius 1 is 0.824 bits per heavy atom. The molecule has 2 aliphatic rings. The van der Waals surface area contributed by atoms with E-state index in [0.717, 1.165) is 18.4 Å². The van der Waals surface area contributed by atoms with Gasteiger partial charge in [-0.05, 0) is 56.0 Å². The number of sulfonamides is 2. The van der Waals surface area contributed by atoms with E-state index in [4.69, 9.17) is 4.74 Å². The monoisotopic (exact) mass is 507 g/mol. The predicted molar refractivity (Wildman–Crippen MR) is 132 cm³/mol. The Morgan fingerprint density at radius 2 is 1.44 bits per heavy atom. The summed E-state index contributed by atoms with van der Waals surface area (Å²) in [6, 6.07) is 11.8. The molecular weight excluding hydrogens is 474 g/mol. The molecule has 2 saturated heterocycles. The van der Waals surface area contributed by atoms with Crippen molar-refractivity contribution in [3.8, 4) is 5.75 Å². The number of piperidine rings is 1. The van der Waals surface area contributed by atoms with E-state index >= 15 is 0 Å². The summed E-state index contributed by atoms with van der Waals surface area (Å²) in [6.45, 7) is 6.54. The van der Waals surface area contributed by atoms with Gasteiger partial charge in [0.25, 0.3) is 0 Å². The van der Waals surface area contributed by atoms with Gasteiger partial charge in [-0.3, -0.25) is 0 Å². The molecule has 0 N–H and O–H groups in total. The molecule has 8 nitrogen and oxygen atoms in total. The first-order valence-corrected chi connectivity index (χ1v) is 14.5. The second kappa shape index (κ2) is 9.85. The van der Waals surface area contributed by atoms with Crippen molar-refractivity contribution in [2.24, 2.45) is 5.92 Å². The van der Waals surface area contributed by atoms with Crippen LogP contribution in [0.1, 0.15) is 25.3 Å². The van der Waals surface area contributed by atoms with E-state index < -0.39 is 20.0 Å². The summed E-state index contributed by atoms with van der Waals surface area (Å²) in [5, 5.41) is 0. The molecule has 186 valence electrons. The Bertz CT molecular complexity index is 1220. The van der Waals surface area contributed by atoms with Crippen molar-refractivity contribution in [3.63, 3.8) is 0 Å². The van der Waals surface area contributed by atoms with Crippen molar-refractivity contribution >= 4 is 25.7 Å². The fraction of sp³-hybridized carbons (Fsp3) is 0.500. The number of piperazine rings is 1. The topological polar surface area (TPSA) is 87.2 Å². The smallest absolute Gasteiger partial charge is 0.243 e. The Hall–Kier alpha value is -2.14. The zero-order valence-electron chi connectivity index (χ0n) is 20.0. The summed E-state index contributed by atoms with van der Waals surface area (Å²) < 4.78 is 61.3. The van der Waals surface area contributed by atoms with Gasteiger partial charge in [0, 0.05) is 39.3 Å². The maximum atomic E-state index is 13.3. The van der Waals surface area contributed by atoms with Crippen LogP contribution in [0.15, 0.2) is 52.3 Å². The van der Waals surface area contributed by atoms with Gasteiger partial charge in [0.1, 0.15) is 5.75 Å². The molecule has 0 amide bonds. The van der Waals surface area contributed by atoms with E-state index in [1.165, 1.54) is 4.31 Å². The van der Waals surface area contributed by atoms with Gasteiger partial charge in [0.2, 0.25) is 20.0 Å². The Balaban J connectivity index is 1.54. The molecule has 2 aromatic rings. The van der Waals surface area contributed by atoms with Gasteiger partial charge in [0.05, 0.1) is 22.6 Å². The first-order chi connectivity index (χ1) is 16.1.